The molecule has 5 aromatic rings. The van der Waals surface area contributed by atoms with E-state index in [-0.39, 0.29) is 11.4 Å². The van der Waals surface area contributed by atoms with Crippen LogP contribution in [0, 0.1) is 5.82 Å². The largest absolute Gasteiger partial charge is 0.306 e. The van der Waals surface area contributed by atoms with E-state index in [0.717, 1.165) is 11.3 Å². The summed E-state index contributed by atoms with van der Waals surface area (Å²) in [6.07, 6.45) is 5.18. The molecule has 0 aliphatic heterocycles. The van der Waals surface area contributed by atoms with E-state index >= 15 is 0 Å². The molecule has 0 saturated carbocycles. The average molecular weight is 386 g/mol. The van der Waals surface area contributed by atoms with Crippen LogP contribution >= 0.6 is 0 Å². The first kappa shape index (κ1) is 17.1. The first-order valence-electron chi connectivity index (χ1n) is 8.99. The van der Waals surface area contributed by atoms with Gasteiger partial charge in [0.2, 0.25) is 0 Å². The first-order chi connectivity index (χ1) is 14.2. The molecule has 8 heteroatoms. The van der Waals surface area contributed by atoms with Gasteiger partial charge in [-0.25, -0.2) is 13.6 Å². The Balaban J connectivity index is 1.47. The number of hydrogen-bond acceptors (Lipinski definition) is 4. The lowest BCUT2D eigenvalue weighted by molar-refractivity contribution is 0.628. The van der Waals surface area contributed by atoms with Crippen LogP contribution in [0.5, 0.6) is 0 Å². The number of benzene rings is 2. The van der Waals surface area contributed by atoms with Gasteiger partial charge in [0.05, 0.1) is 24.1 Å². The molecule has 0 atom stereocenters. The van der Waals surface area contributed by atoms with Crippen molar-refractivity contribution in [1.29, 1.82) is 0 Å². The van der Waals surface area contributed by atoms with Gasteiger partial charge in [0.1, 0.15) is 17.0 Å². The Morgan fingerprint density at radius 1 is 0.966 bits per heavy atom. The van der Waals surface area contributed by atoms with E-state index in [2.05, 4.69) is 15.4 Å². The fourth-order valence-electron chi connectivity index (χ4n) is 3.16. The van der Waals surface area contributed by atoms with Crippen molar-refractivity contribution < 1.29 is 4.39 Å². The van der Waals surface area contributed by atoms with Gasteiger partial charge in [-0.1, -0.05) is 23.4 Å². The Labute approximate surface area is 164 Å². The molecule has 0 radical (unpaired) electrons. The molecule has 3 heterocycles. The van der Waals surface area contributed by atoms with Gasteiger partial charge in [0.25, 0.3) is 5.56 Å². The minimum absolute atomic E-state index is 0.192. The van der Waals surface area contributed by atoms with Crippen LogP contribution in [0.3, 0.4) is 0 Å². The molecule has 0 aliphatic carbocycles. The summed E-state index contributed by atoms with van der Waals surface area (Å²) < 4.78 is 17.9. The first-order valence-corrected chi connectivity index (χ1v) is 8.99. The third-order valence-electron chi connectivity index (χ3n) is 4.64. The van der Waals surface area contributed by atoms with Gasteiger partial charge in [-0.3, -0.25) is 4.79 Å². The summed E-state index contributed by atoms with van der Waals surface area (Å²) in [4.78, 5) is 12.9. The van der Waals surface area contributed by atoms with Gasteiger partial charge >= 0.3 is 0 Å². The van der Waals surface area contributed by atoms with Crippen molar-refractivity contribution in [2.45, 2.75) is 6.54 Å². The molecule has 7 nitrogen and oxygen atoms in total. The van der Waals surface area contributed by atoms with Crippen molar-refractivity contribution in [2.75, 3.05) is 0 Å². The quantitative estimate of drug-likeness (QED) is 0.476. The molecule has 0 amide bonds. The predicted molar refractivity (Wildman–Crippen MR) is 105 cm³/mol. The van der Waals surface area contributed by atoms with Crippen molar-refractivity contribution in [1.82, 2.24) is 29.2 Å². The summed E-state index contributed by atoms with van der Waals surface area (Å²) in [5.74, 6) is -0.316. The minimum Gasteiger partial charge on any atom is -0.306 e. The summed E-state index contributed by atoms with van der Waals surface area (Å²) in [5.41, 5.74) is 3.15. The maximum Gasteiger partial charge on any atom is 0.276 e. The van der Waals surface area contributed by atoms with Crippen LogP contribution in [0.4, 0.5) is 4.39 Å². The summed E-state index contributed by atoms with van der Waals surface area (Å²) in [5, 5.41) is 12.7. The zero-order valence-corrected chi connectivity index (χ0v) is 15.2. The third kappa shape index (κ3) is 3.20. The van der Waals surface area contributed by atoms with E-state index in [1.807, 2.05) is 30.3 Å². The van der Waals surface area contributed by atoms with E-state index < -0.39 is 0 Å². The highest BCUT2D eigenvalue weighted by Gasteiger charge is 2.11. The van der Waals surface area contributed by atoms with E-state index in [9.17, 15) is 9.18 Å². The van der Waals surface area contributed by atoms with Crippen LogP contribution in [-0.4, -0.2) is 29.2 Å². The maximum atomic E-state index is 13.1. The number of rotatable bonds is 4. The highest BCUT2D eigenvalue weighted by Crippen LogP contribution is 2.18. The lowest BCUT2D eigenvalue weighted by Gasteiger charge is -2.03. The summed E-state index contributed by atoms with van der Waals surface area (Å²) in [6.45, 7) is 0.291. The topological polar surface area (TPSA) is 70.0 Å². The highest BCUT2D eigenvalue weighted by molar-refractivity contribution is 5.65. The van der Waals surface area contributed by atoms with Gasteiger partial charge in [0, 0.05) is 18.0 Å². The van der Waals surface area contributed by atoms with E-state index in [4.69, 9.17) is 0 Å². The summed E-state index contributed by atoms with van der Waals surface area (Å²) in [7, 11) is 0. The normalized spacial score (nSPS) is 11.2. The molecule has 0 N–H and O–H groups in total. The number of nitrogens with zero attached hydrogens (tertiary/aromatic N) is 6. The molecular weight excluding hydrogens is 371 g/mol. The number of hydrogen-bond donors (Lipinski definition) is 0. The molecule has 0 aliphatic rings. The lowest BCUT2D eigenvalue weighted by Crippen LogP contribution is -2.21. The fraction of sp³-hybridized carbons (Fsp3) is 0.0476. The van der Waals surface area contributed by atoms with Crippen LogP contribution < -0.4 is 5.56 Å². The Morgan fingerprint density at radius 2 is 1.76 bits per heavy atom. The molecule has 0 unspecified atom stereocenters. The lowest BCUT2D eigenvalue weighted by atomic mass is 10.1. The third-order valence-corrected chi connectivity index (χ3v) is 4.64. The Morgan fingerprint density at radius 3 is 2.55 bits per heavy atom. The van der Waals surface area contributed by atoms with E-state index in [1.54, 1.807) is 46.0 Å². The monoisotopic (exact) mass is 386 g/mol. The molecule has 0 bridgehead atoms. The number of para-hydroxylation sites is 1. The van der Waals surface area contributed by atoms with E-state index in [1.165, 1.54) is 16.6 Å². The SMILES string of the molecule is O=c1c2cc(-c3ccc(F)cc3)nn2ccn1Cc1cn(-c2ccccc2)nn1. The number of fused-ring (bicyclic) bond motifs is 1. The van der Waals surface area contributed by atoms with Crippen LogP contribution in [-0.2, 0) is 6.54 Å². The second-order valence-electron chi connectivity index (χ2n) is 6.59. The maximum absolute atomic E-state index is 13.1. The van der Waals surface area contributed by atoms with Gasteiger partial charge in [-0.05, 0) is 42.5 Å². The highest BCUT2D eigenvalue weighted by atomic mass is 19.1. The van der Waals surface area contributed by atoms with Crippen LogP contribution in [0.2, 0.25) is 0 Å². The second-order valence-corrected chi connectivity index (χ2v) is 6.59. The zero-order valence-electron chi connectivity index (χ0n) is 15.2. The fourth-order valence-corrected chi connectivity index (χ4v) is 3.16. The minimum atomic E-state index is -0.316. The van der Waals surface area contributed by atoms with Crippen molar-refractivity contribution in [2.24, 2.45) is 0 Å². The molecule has 5 rings (SSSR count). The van der Waals surface area contributed by atoms with Crippen molar-refractivity contribution in [3.63, 3.8) is 0 Å². The molecule has 0 fully saturated rings. The molecule has 3 aromatic heterocycles. The molecular formula is C21H15FN6O. The summed E-state index contributed by atoms with van der Waals surface area (Å²) >= 11 is 0. The van der Waals surface area contributed by atoms with Gasteiger partial charge in [0.15, 0.2) is 0 Å². The second kappa shape index (κ2) is 6.83. The standard InChI is InChI=1S/C21H15FN6O/c22-16-8-6-15(7-9-16)19-12-20-21(29)26(10-11-27(20)24-19)13-17-14-28(25-23-17)18-4-2-1-3-5-18/h1-12,14H,13H2. The Hall–Kier alpha value is -4.07. The molecule has 142 valence electrons. The number of aromatic nitrogens is 6. The predicted octanol–water partition coefficient (Wildman–Crippen LogP) is 2.93. The Bertz CT molecular complexity index is 1350. The van der Waals surface area contributed by atoms with Gasteiger partial charge < -0.3 is 4.57 Å². The average Bonchev–Trinajstić information content (AvgIpc) is 3.39. The van der Waals surface area contributed by atoms with Crippen molar-refractivity contribution >= 4 is 5.52 Å². The summed E-state index contributed by atoms with van der Waals surface area (Å²) in [6, 6.07) is 17.4. The van der Waals surface area contributed by atoms with Crippen LogP contribution in [0.15, 0.2) is 84.0 Å². The molecule has 0 spiro atoms. The van der Waals surface area contributed by atoms with Crippen molar-refractivity contribution in [3.8, 4) is 16.9 Å². The van der Waals surface area contributed by atoms with Crippen molar-refractivity contribution in [3.05, 3.63) is 101 Å². The van der Waals surface area contributed by atoms with Crippen LogP contribution in [0.1, 0.15) is 5.69 Å². The van der Waals surface area contributed by atoms with Gasteiger partial charge in [-0.2, -0.15) is 5.10 Å². The molecule has 0 saturated heterocycles. The number of halogens is 1. The zero-order chi connectivity index (χ0) is 19.8. The smallest absolute Gasteiger partial charge is 0.276 e. The van der Waals surface area contributed by atoms with Gasteiger partial charge in [-0.15, -0.1) is 5.10 Å². The van der Waals surface area contributed by atoms with Crippen LogP contribution in [0.25, 0.3) is 22.5 Å². The molecule has 29 heavy (non-hydrogen) atoms. The Kier molecular flexibility index (Phi) is 4.02. The molecule has 2 aromatic carbocycles. The van der Waals surface area contributed by atoms with E-state index in [0.29, 0.717) is 23.4 Å².